The Bertz CT molecular complexity index is 126. The van der Waals surface area contributed by atoms with E-state index < -0.39 is 0 Å². The van der Waals surface area contributed by atoms with Gasteiger partial charge in [-0.2, -0.15) is 0 Å². The van der Waals surface area contributed by atoms with E-state index in [1.807, 2.05) is 13.8 Å². The van der Waals surface area contributed by atoms with Gasteiger partial charge in [0.1, 0.15) is 0 Å². The summed E-state index contributed by atoms with van der Waals surface area (Å²) in [5, 5.41) is 13.8. The molecule has 0 heterocycles. The molecule has 0 aromatic heterocycles. The molecule has 0 unspecified atom stereocenters. The van der Waals surface area contributed by atoms with Gasteiger partial charge in [-0.3, -0.25) is 0 Å². The molecule has 0 aliphatic heterocycles. The molecule has 0 bridgehead atoms. The zero-order valence-corrected chi connectivity index (χ0v) is 7.22. The first kappa shape index (κ1) is 10.2. The number of aliphatic hydroxyl groups excluding tert-OH is 1. The third-order valence-electron chi connectivity index (χ3n) is 1.54. The van der Waals surface area contributed by atoms with Gasteiger partial charge in [-0.15, -0.1) is 0 Å². The van der Waals surface area contributed by atoms with Gasteiger partial charge < -0.3 is 15.7 Å². The first-order chi connectivity index (χ1) is 5.11. The summed E-state index contributed by atoms with van der Waals surface area (Å²) in [6.07, 6.45) is 0. The van der Waals surface area contributed by atoms with Crippen LogP contribution >= 0.6 is 0 Å². The van der Waals surface area contributed by atoms with Gasteiger partial charge in [0.05, 0.1) is 12.6 Å². The molecule has 11 heavy (non-hydrogen) atoms. The third kappa shape index (κ3) is 3.83. The van der Waals surface area contributed by atoms with Crippen LogP contribution in [0.25, 0.3) is 0 Å². The molecule has 0 aromatic carbocycles. The van der Waals surface area contributed by atoms with Crippen LogP contribution in [0.5, 0.6) is 0 Å². The van der Waals surface area contributed by atoms with Gasteiger partial charge in [-0.1, -0.05) is 13.8 Å². The highest BCUT2D eigenvalue weighted by molar-refractivity contribution is 5.73. The molecule has 0 saturated heterocycles. The van der Waals surface area contributed by atoms with Crippen LogP contribution in [0.1, 0.15) is 13.8 Å². The summed E-state index contributed by atoms with van der Waals surface area (Å²) in [7, 11) is 1.55. The fourth-order valence-corrected chi connectivity index (χ4v) is 0.664. The molecule has 0 fully saturated rings. The van der Waals surface area contributed by atoms with E-state index in [4.69, 9.17) is 5.11 Å². The standard InChI is InChI=1S/C7H16N2O2/c1-5(2)6(4-10)9-7(11)8-3/h5-6,10H,4H2,1-3H3,(H2,8,9,11)/t6-/m1/s1. The Morgan fingerprint density at radius 1 is 1.55 bits per heavy atom. The average molecular weight is 160 g/mol. The maximum absolute atomic E-state index is 10.8. The van der Waals surface area contributed by atoms with Gasteiger partial charge in [0.2, 0.25) is 0 Å². The van der Waals surface area contributed by atoms with Crippen molar-refractivity contribution >= 4 is 6.03 Å². The SMILES string of the molecule is CNC(=O)N[C@H](CO)C(C)C. The van der Waals surface area contributed by atoms with Crippen molar-refractivity contribution in [1.82, 2.24) is 10.6 Å². The Hall–Kier alpha value is -0.770. The lowest BCUT2D eigenvalue weighted by atomic mass is 10.1. The second kappa shape index (κ2) is 4.96. The van der Waals surface area contributed by atoms with Gasteiger partial charge in [0.25, 0.3) is 0 Å². The minimum atomic E-state index is -0.252. The molecular formula is C7H16N2O2. The van der Waals surface area contributed by atoms with E-state index in [0.29, 0.717) is 0 Å². The molecule has 0 saturated carbocycles. The highest BCUT2D eigenvalue weighted by atomic mass is 16.3. The molecule has 4 nitrogen and oxygen atoms in total. The second-order valence-electron chi connectivity index (χ2n) is 2.76. The predicted molar refractivity (Wildman–Crippen MR) is 43.3 cm³/mol. The van der Waals surface area contributed by atoms with Crippen LogP contribution in [-0.2, 0) is 0 Å². The van der Waals surface area contributed by atoms with Gasteiger partial charge >= 0.3 is 6.03 Å². The maximum atomic E-state index is 10.8. The minimum absolute atomic E-state index is 0.0227. The van der Waals surface area contributed by atoms with Crippen LogP contribution in [-0.4, -0.2) is 30.8 Å². The zero-order valence-electron chi connectivity index (χ0n) is 7.22. The van der Waals surface area contributed by atoms with Crippen molar-refractivity contribution in [3.63, 3.8) is 0 Å². The van der Waals surface area contributed by atoms with E-state index in [9.17, 15) is 4.79 Å². The Morgan fingerprint density at radius 3 is 2.36 bits per heavy atom. The van der Waals surface area contributed by atoms with Crippen molar-refractivity contribution in [3.05, 3.63) is 0 Å². The number of carbonyl (C=O) groups is 1. The number of rotatable bonds is 3. The van der Waals surface area contributed by atoms with Crippen molar-refractivity contribution < 1.29 is 9.90 Å². The van der Waals surface area contributed by atoms with Crippen LogP contribution < -0.4 is 10.6 Å². The van der Waals surface area contributed by atoms with E-state index in [0.717, 1.165) is 0 Å². The summed E-state index contributed by atoms with van der Waals surface area (Å²) in [6.45, 7) is 3.86. The van der Waals surface area contributed by atoms with Gasteiger partial charge in [-0.25, -0.2) is 4.79 Å². The lowest BCUT2D eigenvalue weighted by Gasteiger charge is -2.19. The summed E-state index contributed by atoms with van der Waals surface area (Å²) in [4.78, 5) is 10.8. The van der Waals surface area contributed by atoms with E-state index in [-0.39, 0.29) is 24.6 Å². The lowest BCUT2D eigenvalue weighted by Crippen LogP contribution is -2.45. The Labute approximate surface area is 67.0 Å². The molecule has 1 atom stereocenters. The molecule has 3 N–H and O–H groups in total. The van der Waals surface area contributed by atoms with Crippen molar-refractivity contribution in [2.75, 3.05) is 13.7 Å². The Kier molecular flexibility index (Phi) is 4.61. The molecule has 2 amide bonds. The zero-order chi connectivity index (χ0) is 8.85. The number of aliphatic hydroxyl groups is 1. The van der Waals surface area contributed by atoms with Gasteiger partial charge in [0.15, 0.2) is 0 Å². The first-order valence-electron chi connectivity index (χ1n) is 3.71. The van der Waals surface area contributed by atoms with Crippen molar-refractivity contribution in [2.45, 2.75) is 19.9 Å². The van der Waals surface area contributed by atoms with Crippen LogP contribution in [0.15, 0.2) is 0 Å². The van der Waals surface area contributed by atoms with Crippen molar-refractivity contribution in [1.29, 1.82) is 0 Å². The van der Waals surface area contributed by atoms with Crippen LogP contribution in [0.4, 0.5) is 4.79 Å². The normalized spacial score (nSPS) is 12.8. The van der Waals surface area contributed by atoms with Gasteiger partial charge in [-0.05, 0) is 5.92 Å². The number of amides is 2. The number of nitrogens with one attached hydrogen (secondary N) is 2. The quantitative estimate of drug-likeness (QED) is 0.541. The molecule has 4 heteroatoms. The van der Waals surface area contributed by atoms with Gasteiger partial charge in [0, 0.05) is 7.05 Å². The van der Waals surface area contributed by atoms with Crippen LogP contribution in [0, 0.1) is 5.92 Å². The molecule has 0 aliphatic carbocycles. The fraction of sp³-hybridized carbons (Fsp3) is 0.857. The summed E-state index contributed by atoms with van der Waals surface area (Å²) in [5.41, 5.74) is 0. The van der Waals surface area contributed by atoms with E-state index >= 15 is 0 Å². The highest BCUT2D eigenvalue weighted by Gasteiger charge is 2.13. The first-order valence-corrected chi connectivity index (χ1v) is 3.71. The topological polar surface area (TPSA) is 61.4 Å². The Morgan fingerprint density at radius 2 is 2.09 bits per heavy atom. The largest absolute Gasteiger partial charge is 0.394 e. The third-order valence-corrected chi connectivity index (χ3v) is 1.54. The fourth-order valence-electron chi connectivity index (χ4n) is 0.664. The van der Waals surface area contributed by atoms with E-state index in [1.165, 1.54) is 0 Å². The predicted octanol–water partition coefficient (Wildman–Crippen LogP) is -0.0677. The summed E-state index contributed by atoms with van der Waals surface area (Å²) >= 11 is 0. The average Bonchev–Trinajstić information content (AvgIpc) is 1.99. The van der Waals surface area contributed by atoms with Crippen LogP contribution in [0.2, 0.25) is 0 Å². The number of hydrogen-bond acceptors (Lipinski definition) is 2. The molecule has 0 aliphatic rings. The number of carbonyl (C=O) groups excluding carboxylic acids is 1. The molecule has 0 aromatic rings. The minimum Gasteiger partial charge on any atom is -0.394 e. The van der Waals surface area contributed by atoms with Crippen LogP contribution in [0.3, 0.4) is 0 Å². The molecule has 66 valence electrons. The number of hydrogen-bond donors (Lipinski definition) is 3. The summed E-state index contributed by atoms with van der Waals surface area (Å²) < 4.78 is 0. The maximum Gasteiger partial charge on any atom is 0.314 e. The van der Waals surface area contributed by atoms with Crippen molar-refractivity contribution in [3.8, 4) is 0 Å². The molecule has 0 spiro atoms. The monoisotopic (exact) mass is 160 g/mol. The smallest absolute Gasteiger partial charge is 0.314 e. The lowest BCUT2D eigenvalue weighted by molar-refractivity contribution is 0.199. The number of urea groups is 1. The second-order valence-corrected chi connectivity index (χ2v) is 2.76. The molecule has 0 rings (SSSR count). The van der Waals surface area contributed by atoms with E-state index in [1.54, 1.807) is 7.05 Å². The molecule has 0 radical (unpaired) electrons. The summed E-state index contributed by atoms with van der Waals surface area (Å²) in [6, 6.07) is -0.410. The Balaban J connectivity index is 3.78. The van der Waals surface area contributed by atoms with E-state index in [2.05, 4.69) is 10.6 Å². The summed E-state index contributed by atoms with van der Waals surface area (Å²) in [5.74, 6) is 0.247. The highest BCUT2D eigenvalue weighted by Crippen LogP contribution is 1.99. The molecular weight excluding hydrogens is 144 g/mol. The van der Waals surface area contributed by atoms with Crippen molar-refractivity contribution in [2.24, 2.45) is 5.92 Å².